The number of anilines is 1. The number of halogens is 1. The summed E-state index contributed by atoms with van der Waals surface area (Å²) in [6.45, 7) is 0. The number of nitro benzene ring substituents is 1. The van der Waals surface area contributed by atoms with Gasteiger partial charge in [0.2, 0.25) is 11.1 Å². The highest BCUT2D eigenvalue weighted by molar-refractivity contribution is 7.99. The summed E-state index contributed by atoms with van der Waals surface area (Å²) in [5, 5.41) is 25.0. The molecule has 0 aliphatic carbocycles. The van der Waals surface area contributed by atoms with Crippen LogP contribution in [0.1, 0.15) is 0 Å². The normalized spacial score (nSPS) is 10.5. The Kier molecular flexibility index (Phi) is 5.17. The van der Waals surface area contributed by atoms with Crippen molar-refractivity contribution in [2.75, 3.05) is 11.1 Å². The first-order valence-electron chi connectivity index (χ1n) is 7.25. The molecule has 0 fully saturated rings. The van der Waals surface area contributed by atoms with Crippen LogP contribution in [0, 0.1) is 15.9 Å². The molecule has 1 aromatic heterocycles. The zero-order chi connectivity index (χ0) is 18.5. The predicted octanol–water partition coefficient (Wildman–Crippen LogP) is 2.44. The molecule has 3 rings (SSSR count). The molecule has 26 heavy (non-hydrogen) atoms. The van der Waals surface area contributed by atoms with E-state index in [1.165, 1.54) is 4.68 Å². The number of aromatic nitrogens is 4. The molecule has 2 aromatic carbocycles. The molecule has 1 amide bonds. The molecule has 0 bridgehead atoms. The van der Waals surface area contributed by atoms with E-state index < -0.39 is 22.3 Å². The van der Waals surface area contributed by atoms with Crippen LogP contribution in [0.5, 0.6) is 0 Å². The molecule has 0 radical (unpaired) electrons. The zero-order valence-electron chi connectivity index (χ0n) is 13.1. The number of hydrogen-bond donors (Lipinski definition) is 1. The Morgan fingerprint density at radius 2 is 2.04 bits per heavy atom. The van der Waals surface area contributed by atoms with Crippen molar-refractivity contribution in [2.45, 2.75) is 5.16 Å². The standard InChI is InChI=1S/C15H11FN6O3S/c16-10-6-7-12(13(8-10)22(24)25)17-14(23)9-26-15-18-19-20-21(15)11-4-2-1-3-5-11/h1-8H,9H2,(H,17,23). The third-order valence-corrected chi connectivity index (χ3v) is 4.12. The van der Waals surface area contributed by atoms with Gasteiger partial charge in [0.05, 0.1) is 22.4 Å². The fourth-order valence-electron chi connectivity index (χ4n) is 2.08. The molecule has 11 heteroatoms. The Morgan fingerprint density at radius 3 is 2.77 bits per heavy atom. The molecule has 0 aliphatic heterocycles. The number of carbonyl (C=O) groups excluding carboxylic acids is 1. The van der Waals surface area contributed by atoms with Crippen molar-refractivity contribution in [3.05, 3.63) is 64.5 Å². The molecule has 0 saturated carbocycles. The van der Waals surface area contributed by atoms with Gasteiger partial charge in [-0.2, -0.15) is 4.68 Å². The van der Waals surface area contributed by atoms with Crippen molar-refractivity contribution in [1.29, 1.82) is 0 Å². The molecule has 9 nitrogen and oxygen atoms in total. The summed E-state index contributed by atoms with van der Waals surface area (Å²) in [7, 11) is 0. The van der Waals surface area contributed by atoms with E-state index >= 15 is 0 Å². The highest BCUT2D eigenvalue weighted by atomic mass is 32.2. The third-order valence-electron chi connectivity index (χ3n) is 3.20. The quantitative estimate of drug-likeness (QED) is 0.400. The minimum Gasteiger partial charge on any atom is -0.320 e. The zero-order valence-corrected chi connectivity index (χ0v) is 13.9. The molecule has 1 N–H and O–H groups in total. The van der Waals surface area contributed by atoms with Crippen molar-refractivity contribution in [3.63, 3.8) is 0 Å². The number of para-hydroxylation sites is 1. The second kappa shape index (κ2) is 7.70. The maximum absolute atomic E-state index is 13.1. The number of tetrazole rings is 1. The van der Waals surface area contributed by atoms with E-state index in [9.17, 15) is 19.3 Å². The van der Waals surface area contributed by atoms with Gasteiger partial charge in [-0.15, -0.1) is 5.10 Å². The highest BCUT2D eigenvalue weighted by Gasteiger charge is 2.18. The summed E-state index contributed by atoms with van der Waals surface area (Å²) in [4.78, 5) is 22.3. The van der Waals surface area contributed by atoms with Gasteiger partial charge in [-0.05, 0) is 34.7 Å². The monoisotopic (exact) mass is 374 g/mol. The van der Waals surface area contributed by atoms with E-state index in [2.05, 4.69) is 20.8 Å². The molecule has 0 unspecified atom stereocenters. The van der Waals surface area contributed by atoms with E-state index in [0.717, 1.165) is 35.6 Å². The van der Waals surface area contributed by atoms with Crippen LogP contribution in [0.25, 0.3) is 5.69 Å². The average molecular weight is 374 g/mol. The number of carbonyl (C=O) groups is 1. The Bertz CT molecular complexity index is 950. The Hall–Kier alpha value is -3.34. The van der Waals surface area contributed by atoms with Gasteiger partial charge < -0.3 is 5.32 Å². The van der Waals surface area contributed by atoms with Crippen LogP contribution in [0.15, 0.2) is 53.7 Å². The van der Waals surface area contributed by atoms with Gasteiger partial charge >= 0.3 is 0 Å². The summed E-state index contributed by atoms with van der Waals surface area (Å²) in [6.07, 6.45) is 0. The van der Waals surface area contributed by atoms with Crippen LogP contribution in [0.4, 0.5) is 15.8 Å². The van der Waals surface area contributed by atoms with Gasteiger partial charge in [-0.25, -0.2) is 4.39 Å². The third kappa shape index (κ3) is 4.00. The van der Waals surface area contributed by atoms with E-state index in [1.807, 2.05) is 30.3 Å². The van der Waals surface area contributed by atoms with Gasteiger partial charge in [0, 0.05) is 0 Å². The summed E-state index contributed by atoms with van der Waals surface area (Å²) in [5.74, 6) is -1.35. The number of hydrogen-bond acceptors (Lipinski definition) is 7. The van der Waals surface area contributed by atoms with E-state index in [-0.39, 0.29) is 11.4 Å². The fourth-order valence-corrected chi connectivity index (χ4v) is 2.77. The van der Waals surface area contributed by atoms with Gasteiger partial charge in [-0.1, -0.05) is 30.0 Å². The lowest BCUT2D eigenvalue weighted by Gasteiger charge is -2.06. The predicted molar refractivity (Wildman–Crippen MR) is 91.6 cm³/mol. The number of benzene rings is 2. The lowest BCUT2D eigenvalue weighted by Crippen LogP contribution is -2.15. The number of amides is 1. The van der Waals surface area contributed by atoms with Gasteiger partial charge in [0.1, 0.15) is 11.5 Å². The lowest BCUT2D eigenvalue weighted by molar-refractivity contribution is -0.384. The molecule has 3 aromatic rings. The molecular weight excluding hydrogens is 363 g/mol. The van der Waals surface area contributed by atoms with Gasteiger partial charge in [0.25, 0.3) is 5.69 Å². The van der Waals surface area contributed by atoms with Crippen molar-refractivity contribution in [2.24, 2.45) is 0 Å². The van der Waals surface area contributed by atoms with Crippen LogP contribution in [0.3, 0.4) is 0 Å². The number of nitrogens with zero attached hydrogens (tertiary/aromatic N) is 5. The van der Waals surface area contributed by atoms with E-state index in [4.69, 9.17) is 0 Å². The topological polar surface area (TPSA) is 116 Å². The molecule has 0 atom stereocenters. The van der Waals surface area contributed by atoms with Crippen LogP contribution >= 0.6 is 11.8 Å². The first-order chi connectivity index (χ1) is 12.5. The number of nitrogens with one attached hydrogen (secondary N) is 1. The SMILES string of the molecule is O=C(CSc1nnnn1-c1ccccc1)Nc1ccc(F)cc1[N+](=O)[O-]. The molecule has 0 aliphatic rings. The minimum atomic E-state index is -0.762. The van der Waals surface area contributed by atoms with Crippen molar-refractivity contribution in [3.8, 4) is 5.69 Å². The summed E-state index contributed by atoms with van der Waals surface area (Å²) >= 11 is 1.06. The van der Waals surface area contributed by atoms with Crippen LogP contribution in [-0.2, 0) is 4.79 Å². The minimum absolute atomic E-state index is 0.0790. The van der Waals surface area contributed by atoms with Gasteiger partial charge in [-0.3, -0.25) is 14.9 Å². The molecule has 132 valence electrons. The number of rotatable bonds is 6. The van der Waals surface area contributed by atoms with E-state index in [1.54, 1.807) is 0 Å². The van der Waals surface area contributed by atoms with Crippen LogP contribution < -0.4 is 5.32 Å². The summed E-state index contributed by atoms with van der Waals surface area (Å²) < 4.78 is 14.6. The fraction of sp³-hybridized carbons (Fsp3) is 0.0667. The second-order valence-corrected chi connectivity index (χ2v) is 5.91. The molecule has 0 saturated heterocycles. The largest absolute Gasteiger partial charge is 0.320 e. The van der Waals surface area contributed by atoms with Crippen LogP contribution in [-0.4, -0.2) is 36.8 Å². The van der Waals surface area contributed by atoms with E-state index in [0.29, 0.717) is 5.16 Å². The first-order valence-corrected chi connectivity index (χ1v) is 8.23. The lowest BCUT2D eigenvalue weighted by atomic mass is 10.2. The summed E-state index contributed by atoms with van der Waals surface area (Å²) in [6, 6.07) is 12.0. The number of thioether (sulfide) groups is 1. The van der Waals surface area contributed by atoms with Crippen molar-refractivity contribution < 1.29 is 14.1 Å². The molecular formula is C15H11FN6O3S. The maximum atomic E-state index is 13.1. The maximum Gasteiger partial charge on any atom is 0.295 e. The Balaban J connectivity index is 1.68. The van der Waals surface area contributed by atoms with Gasteiger partial charge in [0.15, 0.2) is 0 Å². The average Bonchev–Trinajstić information content (AvgIpc) is 3.10. The summed E-state index contributed by atoms with van der Waals surface area (Å²) in [5.41, 5.74) is 0.136. The second-order valence-electron chi connectivity index (χ2n) is 4.96. The highest BCUT2D eigenvalue weighted by Crippen LogP contribution is 2.25. The van der Waals surface area contributed by atoms with Crippen molar-refractivity contribution in [1.82, 2.24) is 20.2 Å². The molecule has 0 spiro atoms. The van der Waals surface area contributed by atoms with Crippen LogP contribution in [0.2, 0.25) is 0 Å². The smallest absolute Gasteiger partial charge is 0.295 e. The Morgan fingerprint density at radius 1 is 1.27 bits per heavy atom. The first kappa shape index (κ1) is 17.5. The molecule has 1 heterocycles. The Labute approximate surface area is 150 Å². The number of nitro groups is 1. The van der Waals surface area contributed by atoms with Crippen molar-refractivity contribution >= 4 is 29.0 Å².